The van der Waals surface area contributed by atoms with Crippen LogP contribution in [0.15, 0.2) is 47.3 Å². The minimum atomic E-state index is -1.36. The molecule has 7 nitrogen and oxygen atoms in total. The average Bonchev–Trinajstić information content (AvgIpc) is 2.73. The number of ether oxygens (including phenoxy) is 3. The minimum Gasteiger partial charge on any atom is -0.493 e. The van der Waals surface area contributed by atoms with Crippen molar-refractivity contribution in [1.29, 1.82) is 0 Å². The first-order valence-electron chi connectivity index (χ1n) is 9.83. The summed E-state index contributed by atoms with van der Waals surface area (Å²) in [5.41, 5.74) is 0.495. The van der Waals surface area contributed by atoms with Gasteiger partial charge in [-0.2, -0.15) is 0 Å². The smallest absolute Gasteiger partial charge is 0.339 e. The molecule has 1 atom stereocenters. The molecule has 3 aromatic rings. The molecule has 0 radical (unpaired) electrons. The number of carboxylic acids is 1. The fourth-order valence-electron chi connectivity index (χ4n) is 3.66. The second kappa shape index (κ2) is 8.43. The lowest BCUT2D eigenvalue weighted by Crippen LogP contribution is -2.32. The van der Waals surface area contributed by atoms with E-state index in [9.17, 15) is 14.7 Å². The van der Waals surface area contributed by atoms with Crippen LogP contribution in [0.1, 0.15) is 32.6 Å². The van der Waals surface area contributed by atoms with Gasteiger partial charge in [-0.3, -0.25) is 4.79 Å². The van der Waals surface area contributed by atoms with Crippen LogP contribution in [0.2, 0.25) is 0 Å². The third-order valence-electron chi connectivity index (χ3n) is 4.97. The van der Waals surface area contributed by atoms with Crippen LogP contribution in [0.3, 0.4) is 0 Å². The standard InChI is InChI=1S/C24H27NO6/c1-24(2,3)31-21(23(27)28)20-19(14-11-12-17(29-5)18(13-14)30-6)15-9-7-8-10-16(15)22(26)25(20)4/h7-13,21H,1-6H3,(H,27,28). The molecular formula is C24H27NO6. The zero-order valence-electron chi connectivity index (χ0n) is 18.6. The number of aliphatic carboxylic acids is 1. The van der Waals surface area contributed by atoms with Crippen molar-refractivity contribution in [3.63, 3.8) is 0 Å². The highest BCUT2D eigenvalue weighted by molar-refractivity contribution is 5.99. The van der Waals surface area contributed by atoms with Gasteiger partial charge in [0.15, 0.2) is 17.6 Å². The number of carboxylic acid groups (broad SMARTS) is 1. The monoisotopic (exact) mass is 425 g/mol. The Kier molecular flexibility index (Phi) is 6.08. The van der Waals surface area contributed by atoms with Crippen molar-refractivity contribution >= 4 is 16.7 Å². The fourth-order valence-corrected chi connectivity index (χ4v) is 3.66. The molecule has 31 heavy (non-hydrogen) atoms. The Bertz CT molecular complexity index is 1190. The zero-order chi connectivity index (χ0) is 22.9. The normalized spacial score (nSPS) is 12.6. The Labute approximate surface area is 180 Å². The summed E-state index contributed by atoms with van der Waals surface area (Å²) in [6.07, 6.45) is -1.36. The molecule has 1 aromatic heterocycles. The topological polar surface area (TPSA) is 87.0 Å². The summed E-state index contributed by atoms with van der Waals surface area (Å²) in [6, 6.07) is 12.5. The zero-order valence-corrected chi connectivity index (χ0v) is 18.6. The van der Waals surface area contributed by atoms with E-state index in [1.54, 1.807) is 59.2 Å². The highest BCUT2D eigenvalue weighted by atomic mass is 16.5. The molecule has 3 rings (SSSR count). The minimum absolute atomic E-state index is 0.262. The van der Waals surface area contributed by atoms with Gasteiger partial charge in [-0.25, -0.2) is 4.79 Å². The molecule has 0 saturated heterocycles. The number of benzene rings is 2. The first-order chi connectivity index (χ1) is 14.6. The maximum absolute atomic E-state index is 13.1. The van der Waals surface area contributed by atoms with Gasteiger partial charge in [-0.05, 0) is 49.9 Å². The van der Waals surface area contributed by atoms with Crippen molar-refractivity contribution in [3.8, 4) is 22.6 Å². The molecule has 0 amide bonds. The second-order valence-electron chi connectivity index (χ2n) is 8.19. The van der Waals surface area contributed by atoms with E-state index >= 15 is 0 Å². The van der Waals surface area contributed by atoms with Crippen molar-refractivity contribution in [1.82, 2.24) is 4.57 Å². The van der Waals surface area contributed by atoms with Crippen LogP contribution in [-0.2, 0) is 16.6 Å². The molecule has 0 aliphatic heterocycles. The first-order valence-corrected chi connectivity index (χ1v) is 9.83. The molecule has 0 saturated carbocycles. The number of hydrogen-bond donors (Lipinski definition) is 1. The van der Waals surface area contributed by atoms with Gasteiger partial charge in [0.2, 0.25) is 0 Å². The molecule has 0 bridgehead atoms. The van der Waals surface area contributed by atoms with Crippen LogP contribution >= 0.6 is 0 Å². The van der Waals surface area contributed by atoms with Gasteiger partial charge in [0.05, 0.1) is 25.5 Å². The number of hydrogen-bond acceptors (Lipinski definition) is 5. The van der Waals surface area contributed by atoms with Crippen LogP contribution in [-0.4, -0.2) is 35.5 Å². The van der Waals surface area contributed by atoms with E-state index < -0.39 is 17.7 Å². The number of aromatic nitrogens is 1. The van der Waals surface area contributed by atoms with E-state index in [1.165, 1.54) is 11.7 Å². The Morgan fingerprint density at radius 1 is 1.00 bits per heavy atom. The molecule has 0 fully saturated rings. The summed E-state index contributed by atoms with van der Waals surface area (Å²) in [7, 11) is 4.64. The van der Waals surface area contributed by atoms with Crippen LogP contribution in [0, 0.1) is 0 Å². The SMILES string of the molecule is COc1ccc(-c2c(C(OC(C)(C)C)C(=O)O)n(C)c(=O)c3ccccc23)cc1OC. The van der Waals surface area contributed by atoms with E-state index in [1.807, 2.05) is 18.2 Å². The van der Waals surface area contributed by atoms with E-state index in [4.69, 9.17) is 14.2 Å². The molecule has 2 aromatic carbocycles. The van der Waals surface area contributed by atoms with Gasteiger partial charge in [-0.1, -0.05) is 24.3 Å². The molecule has 0 aliphatic carbocycles. The summed E-state index contributed by atoms with van der Waals surface area (Å²) in [4.78, 5) is 25.4. The van der Waals surface area contributed by atoms with E-state index in [-0.39, 0.29) is 11.3 Å². The largest absolute Gasteiger partial charge is 0.493 e. The Balaban J connectivity index is 2.46. The Morgan fingerprint density at radius 2 is 1.61 bits per heavy atom. The third kappa shape index (κ3) is 4.27. The van der Waals surface area contributed by atoms with Crippen molar-refractivity contribution in [2.75, 3.05) is 14.2 Å². The highest BCUT2D eigenvalue weighted by Gasteiger charge is 2.33. The van der Waals surface area contributed by atoms with Gasteiger partial charge in [-0.15, -0.1) is 0 Å². The number of pyridine rings is 1. The summed E-state index contributed by atoms with van der Waals surface area (Å²) in [5, 5.41) is 11.2. The molecule has 7 heteroatoms. The summed E-state index contributed by atoms with van der Waals surface area (Å²) in [5.74, 6) is -0.142. The number of methoxy groups -OCH3 is 2. The Morgan fingerprint density at radius 3 is 2.16 bits per heavy atom. The van der Waals surface area contributed by atoms with Crippen molar-refractivity contribution in [2.45, 2.75) is 32.5 Å². The maximum atomic E-state index is 13.1. The summed E-state index contributed by atoms with van der Waals surface area (Å²) >= 11 is 0. The van der Waals surface area contributed by atoms with Gasteiger partial charge < -0.3 is 23.9 Å². The quantitative estimate of drug-likeness (QED) is 0.638. The van der Waals surface area contributed by atoms with E-state index in [2.05, 4.69) is 0 Å². The molecule has 1 N–H and O–H groups in total. The van der Waals surface area contributed by atoms with Gasteiger partial charge in [0.1, 0.15) is 0 Å². The molecule has 0 spiro atoms. The van der Waals surface area contributed by atoms with E-state index in [0.29, 0.717) is 33.4 Å². The van der Waals surface area contributed by atoms with Crippen molar-refractivity contribution in [3.05, 3.63) is 58.5 Å². The lowest BCUT2D eigenvalue weighted by Gasteiger charge is -2.28. The van der Waals surface area contributed by atoms with Crippen LogP contribution in [0.25, 0.3) is 21.9 Å². The number of fused-ring (bicyclic) bond motifs is 1. The first kappa shape index (κ1) is 22.4. The predicted molar refractivity (Wildman–Crippen MR) is 119 cm³/mol. The third-order valence-corrected chi connectivity index (χ3v) is 4.97. The second-order valence-corrected chi connectivity index (χ2v) is 8.19. The Hall–Kier alpha value is -3.32. The lowest BCUT2D eigenvalue weighted by atomic mass is 9.94. The van der Waals surface area contributed by atoms with Gasteiger partial charge in [0.25, 0.3) is 5.56 Å². The van der Waals surface area contributed by atoms with E-state index in [0.717, 1.165) is 0 Å². The molecule has 1 heterocycles. The molecule has 164 valence electrons. The average molecular weight is 425 g/mol. The number of carbonyl (C=O) groups is 1. The summed E-state index contributed by atoms with van der Waals surface area (Å²) in [6.45, 7) is 5.33. The lowest BCUT2D eigenvalue weighted by molar-refractivity contribution is -0.161. The van der Waals surface area contributed by atoms with Crippen molar-refractivity contribution in [2.24, 2.45) is 7.05 Å². The predicted octanol–water partition coefficient (Wildman–Crippen LogP) is 4.16. The fraction of sp³-hybridized carbons (Fsp3) is 0.333. The highest BCUT2D eigenvalue weighted by Crippen LogP contribution is 2.40. The molecule has 0 aliphatic rings. The van der Waals surface area contributed by atoms with Crippen LogP contribution < -0.4 is 15.0 Å². The van der Waals surface area contributed by atoms with Crippen LogP contribution in [0.5, 0.6) is 11.5 Å². The van der Waals surface area contributed by atoms with Gasteiger partial charge >= 0.3 is 5.97 Å². The van der Waals surface area contributed by atoms with Gasteiger partial charge in [0, 0.05) is 18.0 Å². The number of nitrogens with zero attached hydrogens (tertiary/aromatic N) is 1. The number of rotatable bonds is 6. The molecular weight excluding hydrogens is 398 g/mol. The summed E-state index contributed by atoms with van der Waals surface area (Å²) < 4.78 is 18.1. The molecule has 1 unspecified atom stereocenters. The van der Waals surface area contributed by atoms with Crippen molar-refractivity contribution < 1.29 is 24.1 Å². The van der Waals surface area contributed by atoms with Crippen LogP contribution in [0.4, 0.5) is 0 Å². The maximum Gasteiger partial charge on any atom is 0.339 e.